The van der Waals surface area contributed by atoms with Crippen LogP contribution in [-0.2, 0) is 4.79 Å². The van der Waals surface area contributed by atoms with Crippen molar-refractivity contribution in [3.8, 4) is 11.1 Å². The second-order valence-corrected chi connectivity index (χ2v) is 6.49. The minimum atomic E-state index is -1.75. The Labute approximate surface area is 147 Å². The molecule has 1 amide bonds. The van der Waals surface area contributed by atoms with Gasteiger partial charge in [-0.05, 0) is 48.7 Å². The summed E-state index contributed by atoms with van der Waals surface area (Å²) in [6.07, 6.45) is 4.11. The maximum atomic E-state index is 13.8. The molecule has 4 aromatic rings. The normalized spacial score (nSPS) is 15.3. The first-order valence-corrected chi connectivity index (χ1v) is 8.33. The summed E-state index contributed by atoms with van der Waals surface area (Å²) >= 11 is 0. The molecule has 1 fully saturated rings. The van der Waals surface area contributed by atoms with E-state index in [4.69, 9.17) is 0 Å². The molecular weight excluding hydrogens is 333 g/mol. The predicted octanol–water partition coefficient (Wildman–Crippen LogP) is 3.39. The first kappa shape index (κ1) is 14.9. The van der Waals surface area contributed by atoms with Gasteiger partial charge >= 0.3 is 0 Å². The minimum absolute atomic E-state index is 0.110. The van der Waals surface area contributed by atoms with E-state index in [1.807, 2.05) is 42.6 Å². The highest BCUT2D eigenvalue weighted by Gasteiger charge is 2.51. The Balaban J connectivity index is 1.49. The lowest BCUT2D eigenvalue weighted by Gasteiger charge is -2.04. The van der Waals surface area contributed by atoms with Gasteiger partial charge in [0.2, 0.25) is 5.95 Å². The van der Waals surface area contributed by atoms with Gasteiger partial charge in [0.1, 0.15) is 0 Å². The van der Waals surface area contributed by atoms with E-state index < -0.39 is 11.6 Å². The molecule has 6 nitrogen and oxygen atoms in total. The van der Waals surface area contributed by atoms with Crippen LogP contribution in [0.15, 0.2) is 54.9 Å². The zero-order chi connectivity index (χ0) is 17.7. The highest BCUT2D eigenvalue weighted by atomic mass is 19.1. The molecule has 1 aliphatic carbocycles. The van der Waals surface area contributed by atoms with E-state index in [2.05, 4.69) is 26.4 Å². The number of carbonyl (C=O) groups excluding carboxylic acids is 1. The van der Waals surface area contributed by atoms with Crippen LogP contribution in [-0.4, -0.2) is 31.2 Å². The van der Waals surface area contributed by atoms with E-state index in [-0.39, 0.29) is 18.8 Å². The fourth-order valence-electron chi connectivity index (χ4n) is 2.91. The van der Waals surface area contributed by atoms with Gasteiger partial charge in [-0.15, -0.1) is 5.10 Å². The van der Waals surface area contributed by atoms with Crippen molar-refractivity contribution in [3.05, 3.63) is 54.9 Å². The summed E-state index contributed by atoms with van der Waals surface area (Å²) in [7, 11) is 0. The lowest BCUT2D eigenvalue weighted by Crippen LogP contribution is -2.25. The van der Waals surface area contributed by atoms with Crippen LogP contribution >= 0.6 is 0 Å². The molecule has 0 bridgehead atoms. The lowest BCUT2D eigenvalue weighted by molar-refractivity contribution is -0.122. The molecular formula is C19H14FN5O. The summed E-state index contributed by atoms with van der Waals surface area (Å²) in [5.74, 6) is -0.561. The van der Waals surface area contributed by atoms with E-state index in [1.54, 1.807) is 10.7 Å². The molecule has 26 heavy (non-hydrogen) atoms. The Morgan fingerprint density at radius 1 is 1.15 bits per heavy atom. The van der Waals surface area contributed by atoms with E-state index in [0.717, 1.165) is 22.0 Å². The van der Waals surface area contributed by atoms with Crippen molar-refractivity contribution in [2.75, 3.05) is 5.32 Å². The number of benzene rings is 1. The van der Waals surface area contributed by atoms with Gasteiger partial charge in [0.05, 0.1) is 5.52 Å². The van der Waals surface area contributed by atoms with Crippen molar-refractivity contribution in [2.45, 2.75) is 18.5 Å². The molecule has 3 aromatic heterocycles. The number of fused-ring (bicyclic) bond motifs is 2. The quantitative estimate of drug-likeness (QED) is 0.617. The standard InChI is InChI=1S/C19H14FN5O/c20-19(7-8-19)17(26)23-18-22-16-6-4-14(11-25(16)24-18)12-3-5-15-13(10-12)2-1-9-21-15/h1-6,9-11H,7-8H2,(H,23,24,26). The van der Waals surface area contributed by atoms with Crippen LogP contribution < -0.4 is 5.32 Å². The number of hydrogen-bond acceptors (Lipinski definition) is 4. The highest BCUT2D eigenvalue weighted by molar-refractivity contribution is 5.98. The number of rotatable bonds is 3. The number of nitrogens with zero attached hydrogens (tertiary/aromatic N) is 4. The zero-order valence-electron chi connectivity index (χ0n) is 13.7. The third-order valence-electron chi connectivity index (χ3n) is 4.59. The molecule has 5 rings (SSSR count). The van der Waals surface area contributed by atoms with Gasteiger partial charge in [0.25, 0.3) is 5.91 Å². The SMILES string of the molecule is O=C(Nc1nc2ccc(-c3ccc4ncccc4c3)cn2n1)C1(F)CC1. The highest BCUT2D eigenvalue weighted by Crippen LogP contribution is 2.40. The van der Waals surface area contributed by atoms with Gasteiger partial charge in [-0.1, -0.05) is 12.1 Å². The van der Waals surface area contributed by atoms with Crippen molar-refractivity contribution in [2.24, 2.45) is 0 Å². The number of nitrogens with one attached hydrogen (secondary N) is 1. The van der Waals surface area contributed by atoms with Crippen molar-refractivity contribution in [1.82, 2.24) is 19.6 Å². The summed E-state index contributed by atoms with van der Waals surface area (Å²) in [5, 5.41) is 7.74. The van der Waals surface area contributed by atoms with E-state index in [9.17, 15) is 9.18 Å². The van der Waals surface area contributed by atoms with Crippen LogP contribution in [0.1, 0.15) is 12.8 Å². The average molecular weight is 347 g/mol. The van der Waals surface area contributed by atoms with Gasteiger partial charge in [0.15, 0.2) is 11.3 Å². The van der Waals surface area contributed by atoms with Crippen LogP contribution in [0.2, 0.25) is 0 Å². The van der Waals surface area contributed by atoms with E-state index >= 15 is 0 Å². The fourth-order valence-corrected chi connectivity index (χ4v) is 2.91. The summed E-state index contributed by atoms with van der Waals surface area (Å²) in [5.41, 5.74) is 1.74. The van der Waals surface area contributed by atoms with E-state index in [1.165, 1.54) is 0 Å². The largest absolute Gasteiger partial charge is 0.290 e. The van der Waals surface area contributed by atoms with Crippen LogP contribution in [0.4, 0.5) is 10.3 Å². The molecule has 3 heterocycles. The molecule has 1 aliphatic rings. The summed E-state index contributed by atoms with van der Waals surface area (Å²) in [4.78, 5) is 20.4. The van der Waals surface area contributed by atoms with E-state index in [0.29, 0.717) is 5.65 Å². The summed E-state index contributed by atoms with van der Waals surface area (Å²) in [6.45, 7) is 0. The van der Waals surface area contributed by atoms with Crippen molar-refractivity contribution in [3.63, 3.8) is 0 Å². The van der Waals surface area contributed by atoms with Crippen LogP contribution in [0.25, 0.3) is 27.7 Å². The molecule has 1 N–H and O–H groups in total. The van der Waals surface area contributed by atoms with Crippen LogP contribution in [0.5, 0.6) is 0 Å². The molecule has 1 saturated carbocycles. The minimum Gasteiger partial charge on any atom is -0.290 e. The average Bonchev–Trinajstić information content (AvgIpc) is 3.29. The zero-order valence-corrected chi connectivity index (χ0v) is 13.7. The topological polar surface area (TPSA) is 72.2 Å². The first-order valence-electron chi connectivity index (χ1n) is 8.33. The van der Waals surface area contributed by atoms with Crippen LogP contribution in [0.3, 0.4) is 0 Å². The molecule has 7 heteroatoms. The van der Waals surface area contributed by atoms with Gasteiger partial charge < -0.3 is 0 Å². The first-order chi connectivity index (χ1) is 12.6. The second-order valence-electron chi connectivity index (χ2n) is 6.49. The molecule has 0 spiro atoms. The number of aromatic nitrogens is 4. The predicted molar refractivity (Wildman–Crippen MR) is 95.4 cm³/mol. The number of amides is 1. The maximum absolute atomic E-state index is 13.8. The number of alkyl halides is 1. The lowest BCUT2D eigenvalue weighted by atomic mass is 10.1. The van der Waals surface area contributed by atoms with Crippen molar-refractivity contribution < 1.29 is 9.18 Å². The number of anilines is 1. The molecule has 0 unspecified atom stereocenters. The second kappa shape index (κ2) is 5.32. The van der Waals surface area contributed by atoms with Gasteiger partial charge in [-0.2, -0.15) is 4.98 Å². The Bertz CT molecular complexity index is 1160. The van der Waals surface area contributed by atoms with Crippen molar-refractivity contribution in [1.29, 1.82) is 0 Å². The molecule has 0 saturated heterocycles. The van der Waals surface area contributed by atoms with Gasteiger partial charge in [-0.3, -0.25) is 15.1 Å². The summed E-state index contributed by atoms with van der Waals surface area (Å²) < 4.78 is 15.3. The van der Waals surface area contributed by atoms with Crippen LogP contribution in [0, 0.1) is 0 Å². The van der Waals surface area contributed by atoms with Gasteiger partial charge in [-0.25, -0.2) is 8.91 Å². The number of pyridine rings is 2. The Morgan fingerprint density at radius 2 is 2.00 bits per heavy atom. The number of halogens is 1. The fraction of sp³-hybridized carbons (Fsp3) is 0.158. The molecule has 0 atom stereocenters. The summed E-state index contributed by atoms with van der Waals surface area (Å²) in [6, 6.07) is 13.7. The molecule has 1 aromatic carbocycles. The maximum Gasteiger partial charge on any atom is 0.264 e. The Hall–Kier alpha value is -3.35. The smallest absolute Gasteiger partial charge is 0.264 e. The Morgan fingerprint density at radius 3 is 2.85 bits per heavy atom. The van der Waals surface area contributed by atoms with Gasteiger partial charge in [0, 0.05) is 23.3 Å². The van der Waals surface area contributed by atoms with Crippen molar-refractivity contribution >= 4 is 28.4 Å². The molecule has 0 aliphatic heterocycles. The number of carbonyl (C=O) groups is 1. The molecule has 0 radical (unpaired) electrons. The third-order valence-corrected chi connectivity index (χ3v) is 4.59. The Kier molecular flexibility index (Phi) is 3.06. The monoisotopic (exact) mass is 347 g/mol. The third kappa shape index (κ3) is 2.48. The molecule has 128 valence electrons. The number of hydrogen-bond donors (Lipinski definition) is 1.